The van der Waals surface area contributed by atoms with Gasteiger partial charge in [0, 0.05) is 0 Å². The van der Waals surface area contributed by atoms with Crippen LogP contribution in [0.25, 0.3) is 0 Å². The molecule has 1 rings (SSSR count). The van der Waals surface area contributed by atoms with Gasteiger partial charge in [0.25, 0.3) is 5.78 Å². The molecule has 0 atom stereocenters. The van der Waals surface area contributed by atoms with Crippen LogP contribution >= 0.6 is 0 Å². The summed E-state index contributed by atoms with van der Waals surface area (Å²) in [5, 5.41) is 8.04. The highest BCUT2D eigenvalue weighted by Crippen LogP contribution is 2.00. The molecule has 0 spiro atoms. The summed E-state index contributed by atoms with van der Waals surface area (Å²) in [6.07, 6.45) is 1.26. The number of hydrogen-bond donors (Lipinski definition) is 2. The van der Waals surface area contributed by atoms with E-state index in [1.54, 1.807) is 0 Å². The topological polar surface area (TPSA) is 79.5 Å². The number of hydrogen-bond acceptors (Lipinski definition) is 4. The van der Waals surface area contributed by atoms with E-state index < -0.39 is 11.7 Å². The Hall–Kier alpha value is -1.62. The minimum Gasteiger partial charge on any atom is -0.461 e. The van der Waals surface area contributed by atoms with Gasteiger partial charge < -0.3 is 4.42 Å². The number of rotatable bonds is 2. The fourth-order valence-electron chi connectivity index (χ4n) is 0.570. The number of hydroxylamine groups is 1. The van der Waals surface area contributed by atoms with E-state index in [1.165, 1.54) is 23.9 Å². The van der Waals surface area contributed by atoms with Crippen molar-refractivity contribution in [3.63, 3.8) is 0 Å². The lowest BCUT2D eigenvalue weighted by molar-refractivity contribution is -0.124. The van der Waals surface area contributed by atoms with Gasteiger partial charge in [0.2, 0.25) is 0 Å². The van der Waals surface area contributed by atoms with E-state index in [1.807, 2.05) is 0 Å². The Morgan fingerprint density at radius 1 is 1.55 bits per heavy atom. The Kier molecular flexibility index (Phi) is 2.03. The summed E-state index contributed by atoms with van der Waals surface area (Å²) in [5.74, 6) is -2.12. The van der Waals surface area contributed by atoms with Crippen molar-refractivity contribution >= 4 is 11.7 Å². The van der Waals surface area contributed by atoms with Crippen molar-refractivity contribution in [3.05, 3.63) is 24.2 Å². The lowest BCUT2D eigenvalue weighted by Crippen LogP contribution is -2.27. The average Bonchev–Trinajstić information content (AvgIpc) is 2.53. The Labute approximate surface area is 61.6 Å². The predicted octanol–water partition coefficient (Wildman–Crippen LogP) is -0.0323. The number of amides is 1. The van der Waals surface area contributed by atoms with Gasteiger partial charge >= 0.3 is 5.91 Å². The second-order valence-corrected chi connectivity index (χ2v) is 1.75. The van der Waals surface area contributed by atoms with Gasteiger partial charge in [0.05, 0.1) is 6.26 Å². The molecule has 1 aromatic heterocycles. The molecule has 58 valence electrons. The van der Waals surface area contributed by atoms with Crippen LogP contribution < -0.4 is 5.48 Å². The van der Waals surface area contributed by atoms with Crippen LogP contribution in [0.1, 0.15) is 10.6 Å². The zero-order valence-electron chi connectivity index (χ0n) is 5.40. The van der Waals surface area contributed by atoms with Crippen molar-refractivity contribution in [2.75, 3.05) is 0 Å². The maximum Gasteiger partial charge on any atom is 0.319 e. The summed E-state index contributed by atoms with van der Waals surface area (Å²) < 4.78 is 4.60. The molecule has 5 heteroatoms. The Morgan fingerprint density at radius 3 is 2.73 bits per heavy atom. The molecule has 0 aliphatic heterocycles. The summed E-state index contributed by atoms with van der Waals surface area (Å²) in [7, 11) is 0. The van der Waals surface area contributed by atoms with Gasteiger partial charge in [-0.2, -0.15) is 0 Å². The molecule has 0 saturated carbocycles. The number of ketones is 1. The van der Waals surface area contributed by atoms with Crippen LogP contribution in [0.2, 0.25) is 0 Å². The van der Waals surface area contributed by atoms with Crippen LogP contribution in [0.3, 0.4) is 0 Å². The van der Waals surface area contributed by atoms with Gasteiger partial charge in [0.1, 0.15) is 0 Å². The smallest absolute Gasteiger partial charge is 0.319 e. The van der Waals surface area contributed by atoms with Crippen LogP contribution in [0, 0.1) is 0 Å². The first-order valence-corrected chi connectivity index (χ1v) is 2.78. The normalized spacial score (nSPS) is 9.18. The number of carbonyl (C=O) groups is 2. The maximum absolute atomic E-state index is 10.8. The molecule has 0 bridgehead atoms. The standard InChI is InChI=1S/C6H5NO4/c8-5(6(9)7-10)4-2-1-3-11-4/h1-3,10H,(H,7,9). The van der Waals surface area contributed by atoms with Gasteiger partial charge in [-0.15, -0.1) is 0 Å². The fourth-order valence-corrected chi connectivity index (χ4v) is 0.570. The molecule has 1 aromatic rings. The van der Waals surface area contributed by atoms with Gasteiger partial charge in [-0.05, 0) is 12.1 Å². The maximum atomic E-state index is 10.8. The summed E-state index contributed by atoms with van der Waals surface area (Å²) in [6, 6.07) is 2.80. The van der Waals surface area contributed by atoms with E-state index in [2.05, 4.69) is 4.42 Å². The highest BCUT2D eigenvalue weighted by Gasteiger charge is 2.17. The monoisotopic (exact) mass is 155 g/mol. The zero-order chi connectivity index (χ0) is 8.27. The van der Waals surface area contributed by atoms with E-state index in [0.29, 0.717) is 0 Å². The second-order valence-electron chi connectivity index (χ2n) is 1.75. The Bertz CT molecular complexity index is 264. The lowest BCUT2D eigenvalue weighted by Gasteiger charge is -1.91. The molecule has 0 unspecified atom stereocenters. The first-order chi connectivity index (χ1) is 5.25. The van der Waals surface area contributed by atoms with Crippen LogP contribution in [0.15, 0.2) is 22.8 Å². The molecule has 2 N–H and O–H groups in total. The molecule has 1 amide bonds. The predicted molar refractivity (Wildman–Crippen MR) is 33.0 cm³/mol. The molecular formula is C6H5NO4. The number of Topliss-reactive ketones (excluding diaryl/α,β-unsaturated/α-hetero) is 1. The van der Waals surface area contributed by atoms with Crippen LogP contribution in [-0.4, -0.2) is 16.9 Å². The van der Waals surface area contributed by atoms with Crippen LogP contribution in [0.5, 0.6) is 0 Å². The minimum absolute atomic E-state index is 0.100. The Morgan fingerprint density at radius 2 is 2.27 bits per heavy atom. The van der Waals surface area contributed by atoms with Crippen molar-refractivity contribution in [1.82, 2.24) is 5.48 Å². The van der Waals surface area contributed by atoms with Crippen molar-refractivity contribution in [2.24, 2.45) is 0 Å². The van der Waals surface area contributed by atoms with Gasteiger partial charge in [-0.3, -0.25) is 14.8 Å². The molecule has 0 aromatic carbocycles. The lowest BCUT2D eigenvalue weighted by atomic mass is 10.3. The van der Waals surface area contributed by atoms with Gasteiger partial charge in [-0.1, -0.05) is 0 Å². The third-order valence-electron chi connectivity index (χ3n) is 1.05. The SMILES string of the molecule is O=C(NO)C(=O)c1ccco1. The van der Waals surface area contributed by atoms with E-state index in [-0.39, 0.29) is 5.76 Å². The number of furan rings is 1. The van der Waals surface area contributed by atoms with Gasteiger partial charge in [0.15, 0.2) is 5.76 Å². The second kappa shape index (κ2) is 2.98. The third kappa shape index (κ3) is 1.44. The van der Waals surface area contributed by atoms with Crippen molar-refractivity contribution in [1.29, 1.82) is 0 Å². The van der Waals surface area contributed by atoms with E-state index >= 15 is 0 Å². The van der Waals surface area contributed by atoms with Crippen molar-refractivity contribution in [2.45, 2.75) is 0 Å². The first kappa shape index (κ1) is 7.49. The average molecular weight is 155 g/mol. The van der Waals surface area contributed by atoms with Gasteiger partial charge in [-0.25, -0.2) is 5.48 Å². The van der Waals surface area contributed by atoms with Crippen molar-refractivity contribution < 1.29 is 19.2 Å². The van der Waals surface area contributed by atoms with E-state index in [0.717, 1.165) is 0 Å². The van der Waals surface area contributed by atoms with Crippen LogP contribution in [0.4, 0.5) is 0 Å². The fraction of sp³-hybridized carbons (Fsp3) is 0. The number of nitrogens with one attached hydrogen (secondary N) is 1. The molecule has 0 radical (unpaired) electrons. The molecule has 5 nitrogen and oxygen atoms in total. The molecule has 11 heavy (non-hydrogen) atoms. The third-order valence-corrected chi connectivity index (χ3v) is 1.05. The molecule has 0 aliphatic carbocycles. The summed E-state index contributed by atoms with van der Waals surface area (Å²) in [5.41, 5.74) is 1.20. The molecular weight excluding hydrogens is 150 g/mol. The van der Waals surface area contributed by atoms with Crippen LogP contribution in [-0.2, 0) is 4.79 Å². The van der Waals surface area contributed by atoms with E-state index in [9.17, 15) is 9.59 Å². The van der Waals surface area contributed by atoms with Crippen molar-refractivity contribution in [3.8, 4) is 0 Å². The molecule has 1 heterocycles. The Balaban J connectivity index is 2.79. The summed E-state index contributed by atoms with van der Waals surface area (Å²) >= 11 is 0. The van der Waals surface area contributed by atoms with E-state index in [4.69, 9.17) is 5.21 Å². The molecule has 0 saturated heterocycles. The summed E-state index contributed by atoms with van der Waals surface area (Å²) in [6.45, 7) is 0. The number of carbonyl (C=O) groups excluding carboxylic acids is 2. The molecule has 0 aliphatic rings. The molecule has 0 fully saturated rings. The highest BCUT2D eigenvalue weighted by molar-refractivity contribution is 6.41. The zero-order valence-corrected chi connectivity index (χ0v) is 5.40. The minimum atomic E-state index is -1.11. The quantitative estimate of drug-likeness (QED) is 0.272. The largest absolute Gasteiger partial charge is 0.461 e. The highest BCUT2D eigenvalue weighted by atomic mass is 16.5. The summed E-state index contributed by atoms with van der Waals surface area (Å²) in [4.78, 5) is 21.2. The first-order valence-electron chi connectivity index (χ1n) is 2.78.